The number of amides is 1. The van der Waals surface area contributed by atoms with Crippen LogP contribution >= 0.6 is 11.6 Å². The zero-order valence-corrected chi connectivity index (χ0v) is 17.2. The number of anilines is 2. The first-order valence-electron chi connectivity index (χ1n) is 8.93. The second-order valence-electron chi connectivity index (χ2n) is 6.68. The van der Waals surface area contributed by atoms with Crippen molar-refractivity contribution >= 4 is 29.0 Å². The van der Waals surface area contributed by atoms with Crippen LogP contribution < -0.4 is 11.1 Å². The Morgan fingerprint density at radius 3 is 2.52 bits per heavy atom. The summed E-state index contributed by atoms with van der Waals surface area (Å²) >= 11 is 5.93. The fourth-order valence-corrected chi connectivity index (χ4v) is 2.81. The smallest absolute Gasteiger partial charge is 0.382 e. The third kappa shape index (κ3) is 5.32. The molecule has 0 aliphatic heterocycles. The van der Waals surface area contributed by atoms with Crippen LogP contribution in [0.1, 0.15) is 38.3 Å². The van der Waals surface area contributed by atoms with Crippen molar-refractivity contribution in [3.8, 4) is 11.8 Å². The molecule has 3 N–H and O–H groups in total. The maximum Gasteiger partial charge on any atom is 0.416 e. The number of nitrogens with two attached hydrogens (primary N) is 1. The summed E-state index contributed by atoms with van der Waals surface area (Å²) in [5.74, 6) is 5.34. The number of benzene rings is 1. The fraction of sp³-hybridized carbons (Fsp3) is 0.136. The lowest BCUT2D eigenvalue weighted by atomic mass is 10.1. The van der Waals surface area contributed by atoms with Crippen molar-refractivity contribution in [2.24, 2.45) is 0 Å². The maximum atomic E-state index is 13.1. The Morgan fingerprint density at radius 2 is 1.84 bits per heavy atom. The van der Waals surface area contributed by atoms with Gasteiger partial charge in [-0.05, 0) is 43.7 Å². The lowest BCUT2D eigenvalue weighted by Crippen LogP contribution is -2.14. The Kier molecular flexibility index (Phi) is 6.18. The molecule has 0 spiro atoms. The zero-order valence-electron chi connectivity index (χ0n) is 16.4. The van der Waals surface area contributed by atoms with Crippen molar-refractivity contribution in [3.63, 3.8) is 0 Å². The first-order chi connectivity index (χ1) is 14.5. The van der Waals surface area contributed by atoms with E-state index < -0.39 is 17.6 Å². The molecule has 1 amide bonds. The number of pyridine rings is 2. The van der Waals surface area contributed by atoms with Crippen LogP contribution in [0.5, 0.6) is 0 Å². The van der Waals surface area contributed by atoms with Crippen molar-refractivity contribution in [2.75, 3.05) is 11.1 Å². The molecule has 0 unspecified atom stereocenters. The Hall–Kier alpha value is -3.57. The molecular weight excluding hydrogens is 429 g/mol. The van der Waals surface area contributed by atoms with Gasteiger partial charge >= 0.3 is 6.18 Å². The SMILES string of the molecule is Cc1ccc(NC(=O)c2cnc(C)c(C#Cc3cnc(N)c(Cl)c3)c2)cc1C(F)(F)F. The summed E-state index contributed by atoms with van der Waals surface area (Å²) in [6.45, 7) is 3.07. The van der Waals surface area contributed by atoms with Crippen molar-refractivity contribution < 1.29 is 18.0 Å². The van der Waals surface area contributed by atoms with Gasteiger partial charge in [0.15, 0.2) is 0 Å². The molecule has 158 valence electrons. The van der Waals surface area contributed by atoms with Crippen molar-refractivity contribution in [1.82, 2.24) is 9.97 Å². The van der Waals surface area contributed by atoms with Gasteiger partial charge in [0.2, 0.25) is 0 Å². The van der Waals surface area contributed by atoms with Gasteiger partial charge in [0, 0.05) is 29.2 Å². The molecule has 31 heavy (non-hydrogen) atoms. The Balaban J connectivity index is 1.86. The molecule has 0 saturated carbocycles. The minimum atomic E-state index is -4.52. The number of carbonyl (C=O) groups excluding carboxylic acids is 1. The number of nitrogens with one attached hydrogen (secondary N) is 1. The normalized spacial score (nSPS) is 10.9. The molecule has 3 aromatic rings. The highest BCUT2D eigenvalue weighted by Gasteiger charge is 2.32. The fourth-order valence-electron chi connectivity index (χ4n) is 2.65. The summed E-state index contributed by atoms with van der Waals surface area (Å²) in [6, 6.07) is 6.67. The Morgan fingerprint density at radius 1 is 1.10 bits per heavy atom. The first-order valence-corrected chi connectivity index (χ1v) is 9.31. The number of halogens is 4. The van der Waals surface area contributed by atoms with Crippen molar-refractivity contribution in [3.05, 3.63) is 81.3 Å². The van der Waals surface area contributed by atoms with Crippen molar-refractivity contribution in [2.45, 2.75) is 20.0 Å². The van der Waals surface area contributed by atoms with Crippen LogP contribution in [0.15, 0.2) is 42.7 Å². The highest BCUT2D eigenvalue weighted by molar-refractivity contribution is 6.32. The number of aromatic nitrogens is 2. The van der Waals surface area contributed by atoms with Crippen LogP contribution in [0.2, 0.25) is 5.02 Å². The van der Waals surface area contributed by atoms with Gasteiger partial charge < -0.3 is 11.1 Å². The quantitative estimate of drug-likeness (QED) is 0.545. The Bertz CT molecular complexity index is 1230. The molecule has 0 aliphatic carbocycles. The molecule has 0 fully saturated rings. The van der Waals surface area contributed by atoms with Gasteiger partial charge in [-0.2, -0.15) is 13.2 Å². The van der Waals surface area contributed by atoms with E-state index in [2.05, 4.69) is 27.1 Å². The minimum Gasteiger partial charge on any atom is -0.382 e. The molecule has 0 radical (unpaired) electrons. The predicted molar refractivity (Wildman–Crippen MR) is 113 cm³/mol. The number of nitrogens with zero attached hydrogens (tertiary/aromatic N) is 2. The number of nitrogen functional groups attached to an aromatic ring is 1. The molecule has 0 saturated heterocycles. The number of hydrogen-bond acceptors (Lipinski definition) is 4. The van der Waals surface area contributed by atoms with Gasteiger partial charge in [0.1, 0.15) is 5.82 Å². The van der Waals surface area contributed by atoms with Crippen molar-refractivity contribution in [1.29, 1.82) is 0 Å². The summed E-state index contributed by atoms with van der Waals surface area (Å²) in [7, 11) is 0. The van der Waals surface area contributed by atoms with E-state index in [1.165, 1.54) is 37.5 Å². The topological polar surface area (TPSA) is 80.9 Å². The van der Waals surface area contributed by atoms with Crippen LogP contribution in [0.3, 0.4) is 0 Å². The molecule has 1 aromatic carbocycles. The molecule has 0 atom stereocenters. The molecule has 3 rings (SSSR count). The van der Waals surface area contributed by atoms with Crippen LogP contribution in [0.25, 0.3) is 0 Å². The van der Waals surface area contributed by atoms with Gasteiger partial charge in [-0.25, -0.2) is 4.98 Å². The van der Waals surface area contributed by atoms with Gasteiger partial charge in [0.25, 0.3) is 5.91 Å². The van der Waals surface area contributed by atoms with E-state index in [-0.39, 0.29) is 27.7 Å². The van der Waals surface area contributed by atoms with E-state index >= 15 is 0 Å². The van der Waals surface area contributed by atoms with E-state index in [1.807, 2.05) is 0 Å². The van der Waals surface area contributed by atoms with E-state index in [4.69, 9.17) is 17.3 Å². The summed E-state index contributed by atoms with van der Waals surface area (Å²) in [6.07, 6.45) is -1.72. The number of alkyl halides is 3. The summed E-state index contributed by atoms with van der Waals surface area (Å²) in [5.41, 5.74) is 6.57. The van der Waals surface area contributed by atoms with Crippen LogP contribution in [0, 0.1) is 25.7 Å². The monoisotopic (exact) mass is 444 g/mol. The third-order valence-electron chi connectivity index (χ3n) is 4.36. The highest BCUT2D eigenvalue weighted by Crippen LogP contribution is 2.33. The second kappa shape index (κ2) is 8.66. The molecule has 2 heterocycles. The molecule has 2 aromatic heterocycles. The van der Waals surface area contributed by atoms with E-state index in [9.17, 15) is 18.0 Å². The van der Waals surface area contributed by atoms with E-state index in [1.54, 1.807) is 13.0 Å². The predicted octanol–water partition coefficient (Wildman–Crippen LogP) is 5.00. The van der Waals surface area contributed by atoms with Crippen LogP contribution in [-0.2, 0) is 6.18 Å². The average Bonchev–Trinajstić information content (AvgIpc) is 2.70. The molecule has 9 heteroatoms. The maximum absolute atomic E-state index is 13.1. The average molecular weight is 445 g/mol. The lowest BCUT2D eigenvalue weighted by Gasteiger charge is -2.13. The van der Waals surface area contributed by atoms with Gasteiger partial charge in [0.05, 0.1) is 21.8 Å². The largest absolute Gasteiger partial charge is 0.416 e. The second-order valence-corrected chi connectivity index (χ2v) is 7.09. The standard InChI is InChI=1S/C22H16ClF3N4O/c1-12-3-6-17(9-18(12)22(24,25)26)30-21(31)16-8-15(13(2)28-11-16)5-4-14-7-19(23)20(27)29-10-14/h3,6-11H,1-2H3,(H2,27,29)(H,30,31). The zero-order chi connectivity index (χ0) is 22.8. The number of carbonyl (C=O) groups is 1. The van der Waals surface area contributed by atoms with E-state index in [0.29, 0.717) is 16.8 Å². The van der Waals surface area contributed by atoms with Crippen LogP contribution in [-0.4, -0.2) is 15.9 Å². The number of aryl methyl sites for hydroxylation is 2. The molecular formula is C22H16ClF3N4O. The van der Waals surface area contributed by atoms with E-state index in [0.717, 1.165) is 6.07 Å². The lowest BCUT2D eigenvalue weighted by molar-refractivity contribution is -0.138. The minimum absolute atomic E-state index is 0.0266. The molecule has 0 aliphatic rings. The molecule has 5 nitrogen and oxygen atoms in total. The van der Waals surface area contributed by atoms with Gasteiger partial charge in [-0.15, -0.1) is 0 Å². The first kappa shape index (κ1) is 22.1. The van der Waals surface area contributed by atoms with Crippen LogP contribution in [0.4, 0.5) is 24.7 Å². The third-order valence-corrected chi connectivity index (χ3v) is 4.66. The number of hydrogen-bond donors (Lipinski definition) is 2. The number of rotatable bonds is 2. The Labute approximate surface area is 181 Å². The highest BCUT2D eigenvalue weighted by atomic mass is 35.5. The van der Waals surface area contributed by atoms with Gasteiger partial charge in [-0.1, -0.05) is 29.5 Å². The molecule has 0 bridgehead atoms. The summed E-state index contributed by atoms with van der Waals surface area (Å²) < 4.78 is 39.3. The summed E-state index contributed by atoms with van der Waals surface area (Å²) in [5, 5.41) is 2.73. The summed E-state index contributed by atoms with van der Waals surface area (Å²) in [4.78, 5) is 20.6. The van der Waals surface area contributed by atoms with Gasteiger partial charge in [-0.3, -0.25) is 9.78 Å².